The minimum atomic E-state index is 0.552. The van der Waals surface area contributed by atoms with E-state index in [0.29, 0.717) is 11.7 Å². The highest BCUT2D eigenvalue weighted by Crippen LogP contribution is 2.41. The van der Waals surface area contributed by atoms with Gasteiger partial charge in [-0.05, 0) is 120 Å². The molecule has 0 atom stereocenters. The lowest BCUT2D eigenvalue weighted by Gasteiger charge is -2.14. The number of benzene rings is 12. The Morgan fingerprint density at radius 2 is 0.775 bits per heavy atom. The second-order valence-corrected chi connectivity index (χ2v) is 18.6. The molecule has 0 bridgehead atoms. The van der Waals surface area contributed by atoms with Crippen molar-refractivity contribution < 1.29 is 0 Å². The van der Waals surface area contributed by atoms with Gasteiger partial charge in [0.1, 0.15) is 0 Å². The van der Waals surface area contributed by atoms with Gasteiger partial charge >= 0.3 is 0 Å². The highest BCUT2D eigenvalue weighted by molar-refractivity contribution is 6.26. The molecule has 0 amide bonds. The summed E-state index contributed by atoms with van der Waals surface area (Å²) < 4.78 is 4.65. The van der Waals surface area contributed by atoms with Gasteiger partial charge in [-0.2, -0.15) is 0 Å². The first-order chi connectivity index (χ1) is 35.1. The van der Waals surface area contributed by atoms with E-state index in [1.807, 2.05) is 0 Å². The number of hydrogen-bond acceptors (Lipinski definition) is 1. The molecular formula is C67H44N4. The van der Waals surface area contributed by atoms with E-state index in [-0.39, 0.29) is 0 Å². The Labute approximate surface area is 410 Å². The maximum atomic E-state index is 5.47. The molecular weight excluding hydrogens is 861 g/mol. The van der Waals surface area contributed by atoms with Crippen molar-refractivity contribution in [3.63, 3.8) is 0 Å². The van der Waals surface area contributed by atoms with Crippen LogP contribution in [0.25, 0.3) is 120 Å². The van der Waals surface area contributed by atoms with Gasteiger partial charge in [0.05, 0.1) is 27.8 Å². The second kappa shape index (κ2) is 16.1. The van der Waals surface area contributed by atoms with Gasteiger partial charge < -0.3 is 4.57 Å². The first kappa shape index (κ1) is 40.7. The predicted molar refractivity (Wildman–Crippen MR) is 304 cm³/mol. The molecule has 14 aromatic rings. The van der Waals surface area contributed by atoms with Crippen LogP contribution in [0.5, 0.6) is 0 Å². The minimum Gasteiger partial charge on any atom is -0.309 e. The van der Waals surface area contributed by atoms with E-state index < -0.39 is 0 Å². The molecule has 0 spiro atoms. The molecule has 0 saturated heterocycles. The van der Waals surface area contributed by atoms with Gasteiger partial charge in [-0.1, -0.05) is 195 Å². The van der Waals surface area contributed by atoms with Crippen molar-refractivity contribution in [1.82, 2.24) is 9.13 Å². The van der Waals surface area contributed by atoms with Gasteiger partial charge in [0.15, 0.2) is 0 Å². The van der Waals surface area contributed by atoms with Crippen LogP contribution in [0.4, 0.5) is 0 Å². The van der Waals surface area contributed by atoms with Crippen molar-refractivity contribution in [2.45, 2.75) is 6.92 Å². The number of rotatable bonds is 5. The summed E-state index contributed by atoms with van der Waals surface area (Å²) >= 11 is 0. The number of hydrogen-bond donors (Lipinski definition) is 0. The zero-order valence-corrected chi connectivity index (χ0v) is 39.0. The molecule has 0 fully saturated rings. The normalized spacial score (nSPS) is 12.5. The van der Waals surface area contributed by atoms with Crippen molar-refractivity contribution in [2.75, 3.05) is 0 Å². The third-order valence-corrected chi connectivity index (χ3v) is 14.6. The summed E-state index contributed by atoms with van der Waals surface area (Å²) in [4.78, 5) is 10.9. The number of fused-ring (bicyclic) bond motifs is 14. The van der Waals surface area contributed by atoms with Gasteiger partial charge in [-0.15, -0.1) is 0 Å². The first-order valence-corrected chi connectivity index (χ1v) is 24.3. The molecule has 0 saturated carbocycles. The maximum absolute atomic E-state index is 5.47. The summed E-state index contributed by atoms with van der Waals surface area (Å²) in [6, 6.07) is 85.4. The molecule has 2 heterocycles. The Balaban J connectivity index is 0.935. The van der Waals surface area contributed by atoms with Crippen LogP contribution in [-0.2, 0) is 0 Å². The van der Waals surface area contributed by atoms with Gasteiger partial charge in [0.2, 0.25) is 5.96 Å². The summed E-state index contributed by atoms with van der Waals surface area (Å²) in [5.41, 5.74) is 11.4. The smallest absolute Gasteiger partial charge is 0.235 e. The molecule has 0 aliphatic carbocycles. The average Bonchev–Trinajstić information content (AvgIpc) is 3.94. The van der Waals surface area contributed by atoms with E-state index >= 15 is 0 Å². The lowest BCUT2D eigenvalue weighted by atomic mass is 9.94. The molecule has 4 nitrogen and oxygen atoms in total. The van der Waals surface area contributed by atoms with E-state index in [1.165, 1.54) is 59.5 Å². The maximum Gasteiger partial charge on any atom is 0.235 e. The van der Waals surface area contributed by atoms with Crippen LogP contribution >= 0.6 is 0 Å². The quantitative estimate of drug-likeness (QED) is 0.0937. The topological polar surface area (TPSA) is 34.6 Å². The van der Waals surface area contributed by atoms with E-state index in [0.717, 1.165) is 71.6 Å². The lowest BCUT2D eigenvalue weighted by molar-refractivity contribution is 1.19. The molecule has 332 valence electrons. The van der Waals surface area contributed by atoms with Crippen molar-refractivity contribution in [3.05, 3.63) is 254 Å². The van der Waals surface area contributed by atoms with Crippen LogP contribution in [0.3, 0.4) is 0 Å². The zero-order valence-electron chi connectivity index (χ0n) is 39.0. The molecule has 12 aromatic carbocycles. The van der Waals surface area contributed by atoms with Crippen molar-refractivity contribution >= 4 is 115 Å². The largest absolute Gasteiger partial charge is 0.309 e. The SMILES string of the molecule is C=C(N=C(N=C(C)c1cccc2ccccc12)n1c2ccccc2c2cc(-c3ccc4c(c3)c3ccccc3n4-c3ccc4c5ccccc5c5ccccc5c4c3)ccc21)c1cccc2ccccc12. The van der Waals surface area contributed by atoms with E-state index in [4.69, 9.17) is 9.98 Å². The van der Waals surface area contributed by atoms with Gasteiger partial charge in [-0.3, -0.25) is 4.57 Å². The fraction of sp³-hybridized carbons (Fsp3) is 0.0149. The molecule has 2 aromatic heterocycles. The first-order valence-electron chi connectivity index (χ1n) is 24.3. The third kappa shape index (κ3) is 6.46. The second-order valence-electron chi connectivity index (χ2n) is 18.6. The van der Waals surface area contributed by atoms with E-state index in [9.17, 15) is 0 Å². The number of aliphatic imine (C=N–C) groups is 2. The Morgan fingerprint density at radius 1 is 0.338 bits per heavy atom. The Morgan fingerprint density at radius 3 is 1.42 bits per heavy atom. The fourth-order valence-corrected chi connectivity index (χ4v) is 11.4. The Hall–Kier alpha value is -9.38. The van der Waals surface area contributed by atoms with Crippen LogP contribution in [0.1, 0.15) is 18.1 Å². The van der Waals surface area contributed by atoms with E-state index in [2.05, 4.69) is 259 Å². The molecule has 0 aliphatic rings. The van der Waals surface area contributed by atoms with Crippen molar-refractivity contribution in [3.8, 4) is 16.8 Å². The van der Waals surface area contributed by atoms with Crippen LogP contribution in [0, 0.1) is 0 Å². The van der Waals surface area contributed by atoms with Gasteiger partial charge in [0, 0.05) is 44.1 Å². The van der Waals surface area contributed by atoms with Gasteiger partial charge in [-0.25, -0.2) is 9.98 Å². The highest BCUT2D eigenvalue weighted by Gasteiger charge is 2.20. The molecule has 0 unspecified atom stereocenters. The molecule has 0 radical (unpaired) electrons. The average molecular weight is 905 g/mol. The van der Waals surface area contributed by atoms with Crippen LogP contribution in [-0.4, -0.2) is 20.8 Å². The summed E-state index contributed by atoms with van der Waals surface area (Å²) in [5.74, 6) is 0.552. The van der Waals surface area contributed by atoms with Gasteiger partial charge in [0.25, 0.3) is 0 Å². The monoisotopic (exact) mass is 904 g/mol. The van der Waals surface area contributed by atoms with Crippen molar-refractivity contribution in [1.29, 1.82) is 0 Å². The minimum absolute atomic E-state index is 0.552. The predicted octanol–water partition coefficient (Wildman–Crippen LogP) is 17.7. The molecule has 0 N–H and O–H groups in total. The van der Waals surface area contributed by atoms with Crippen LogP contribution in [0.15, 0.2) is 253 Å². The number of aromatic nitrogens is 2. The number of nitrogens with zero attached hydrogens (tertiary/aromatic N) is 4. The number of para-hydroxylation sites is 2. The van der Waals surface area contributed by atoms with Crippen LogP contribution < -0.4 is 0 Å². The summed E-state index contributed by atoms with van der Waals surface area (Å²) in [6.07, 6.45) is 0. The summed E-state index contributed by atoms with van der Waals surface area (Å²) in [7, 11) is 0. The van der Waals surface area contributed by atoms with Crippen molar-refractivity contribution in [2.24, 2.45) is 9.98 Å². The molecule has 14 rings (SSSR count). The summed E-state index contributed by atoms with van der Waals surface area (Å²) in [5, 5.41) is 16.9. The molecule has 0 aliphatic heterocycles. The zero-order chi connectivity index (χ0) is 47.2. The Bertz CT molecular complexity index is 4570. The molecule has 71 heavy (non-hydrogen) atoms. The van der Waals surface area contributed by atoms with Crippen LogP contribution in [0.2, 0.25) is 0 Å². The highest BCUT2D eigenvalue weighted by atomic mass is 15.2. The van der Waals surface area contributed by atoms with E-state index in [1.54, 1.807) is 0 Å². The summed E-state index contributed by atoms with van der Waals surface area (Å²) in [6.45, 7) is 6.68. The molecule has 4 heteroatoms. The lowest BCUT2D eigenvalue weighted by Crippen LogP contribution is -2.12. The standard InChI is InChI=1S/C67H44N4/c1-42(49-29-15-19-44-17-3-5-21-51(44)49)68-67(69-43(2)50-30-16-20-45-18-4-6-22-52(45)50)71-64-32-14-12-28-59(64)62-40-47(34-38-66(62)71)46-33-37-65-61(39-46)58-27-11-13-31-63(58)70(65)48-35-36-57-55-25-8-7-23-53(55)54-24-9-10-26-56(54)60(57)41-48/h3-41H,1H2,2H3. The fourth-order valence-electron chi connectivity index (χ4n) is 11.4. The third-order valence-electron chi connectivity index (χ3n) is 14.6. The Kier molecular flexibility index (Phi) is 9.23.